The van der Waals surface area contributed by atoms with Gasteiger partial charge in [-0.25, -0.2) is 0 Å². The molecule has 326 valence electrons. The highest BCUT2D eigenvalue weighted by molar-refractivity contribution is 7.81. The van der Waals surface area contributed by atoms with Crippen LogP contribution in [-0.2, 0) is 30.8 Å². The van der Waals surface area contributed by atoms with Crippen LogP contribution in [-0.4, -0.2) is 73.7 Å². The highest BCUT2D eigenvalue weighted by Crippen LogP contribution is 2.43. The number of rotatable bonds is 12. The van der Waals surface area contributed by atoms with Crippen LogP contribution >= 0.6 is 12.6 Å². The molecule has 3 atom stereocenters. The van der Waals surface area contributed by atoms with Gasteiger partial charge in [0.2, 0.25) is 5.91 Å². The number of carbonyl (C=O) groups is 3. The summed E-state index contributed by atoms with van der Waals surface area (Å²) in [6, 6.07) is 27.8. The van der Waals surface area contributed by atoms with Crippen molar-refractivity contribution in [3.63, 3.8) is 0 Å². The minimum atomic E-state index is -1.03. The van der Waals surface area contributed by atoms with E-state index in [2.05, 4.69) is 29.3 Å². The molecule has 4 aliphatic rings. The number of benzene rings is 5. The normalized spacial score (nSPS) is 18.3. The minimum Gasteiger partial charge on any atom is -0.493 e. The number of thiol groups is 1. The molecule has 0 saturated carbocycles. The standard InChI is InChI=1S/C49H51N5O8S/c1-49(2,63)15-14-45(55)52(3)32-17-28(26-61-43-23-36-34(21-41(43)59-4)47(57)53-33(25-50-36)19-30-10-6-8-12-38(30)53)16-29(18-32)27-62-44-24-37-35(22-42(44)60-5)48(58)54-39-13-9-7-11-31(39)20-40(54)46(56)51-37/h6-13,16-18,21-24,33,40,46,50-51,56,63H,14-15,19-20,25-27H2,1-5H3/t33-,40-,46?/m0/s1. The summed E-state index contributed by atoms with van der Waals surface area (Å²) in [6.45, 7) is 4.70. The second-order valence-electron chi connectivity index (χ2n) is 17.2. The molecule has 0 aliphatic carbocycles. The van der Waals surface area contributed by atoms with E-state index in [1.165, 1.54) is 7.11 Å². The summed E-state index contributed by atoms with van der Waals surface area (Å²) in [5.41, 5.74) is 7.91. The molecule has 0 bridgehead atoms. The molecule has 0 fully saturated rings. The zero-order valence-electron chi connectivity index (χ0n) is 35.9. The zero-order chi connectivity index (χ0) is 44.2. The Morgan fingerprint density at radius 1 is 0.778 bits per heavy atom. The lowest BCUT2D eigenvalue weighted by Gasteiger charge is -2.26. The largest absolute Gasteiger partial charge is 0.493 e. The molecular formula is C49H51N5O8S. The maximum Gasteiger partial charge on any atom is 0.260 e. The summed E-state index contributed by atoms with van der Waals surface area (Å²) in [6.07, 6.45) is 1.14. The number of amides is 3. The quantitative estimate of drug-likeness (QED) is 0.0926. The summed E-state index contributed by atoms with van der Waals surface area (Å²) in [5.74, 6) is 1.14. The smallest absolute Gasteiger partial charge is 0.260 e. The lowest BCUT2D eigenvalue weighted by atomic mass is 10.1. The van der Waals surface area contributed by atoms with E-state index >= 15 is 0 Å². The average Bonchev–Trinajstić information content (AvgIpc) is 3.80. The van der Waals surface area contributed by atoms with Gasteiger partial charge in [-0.15, -0.1) is 0 Å². The van der Waals surface area contributed by atoms with Crippen LogP contribution in [0.25, 0.3) is 0 Å². The second-order valence-corrected chi connectivity index (χ2v) is 18.4. The van der Waals surface area contributed by atoms with Crippen LogP contribution in [0.3, 0.4) is 0 Å². The number of nitrogens with one attached hydrogen (secondary N) is 2. The van der Waals surface area contributed by atoms with Gasteiger partial charge >= 0.3 is 0 Å². The fraction of sp³-hybridized carbons (Fsp3) is 0.327. The lowest BCUT2D eigenvalue weighted by molar-refractivity contribution is -0.118. The van der Waals surface area contributed by atoms with Crippen LogP contribution < -0.4 is 44.3 Å². The molecule has 0 radical (unpaired) electrons. The van der Waals surface area contributed by atoms with Gasteiger partial charge in [0, 0.05) is 54.0 Å². The third-order valence-electron chi connectivity index (χ3n) is 12.3. The molecule has 1 unspecified atom stereocenters. The number of nitrogens with zero attached hydrogens (tertiary/aromatic N) is 3. The molecule has 5 aromatic rings. The number of para-hydroxylation sites is 2. The Kier molecular flexibility index (Phi) is 11.1. The number of hydrogen-bond donors (Lipinski definition) is 4. The number of aliphatic hydroxyl groups is 1. The van der Waals surface area contributed by atoms with Crippen LogP contribution in [0.5, 0.6) is 23.0 Å². The number of ether oxygens (including phenoxy) is 4. The molecule has 3 N–H and O–H groups in total. The molecule has 13 nitrogen and oxygen atoms in total. The van der Waals surface area contributed by atoms with Gasteiger partial charge in [-0.05, 0) is 84.0 Å². The molecule has 14 heteroatoms. The van der Waals surface area contributed by atoms with Crippen molar-refractivity contribution in [3.05, 3.63) is 124 Å². The fourth-order valence-corrected chi connectivity index (χ4v) is 9.11. The van der Waals surface area contributed by atoms with E-state index in [-0.39, 0.29) is 41.7 Å². The first kappa shape index (κ1) is 41.9. The summed E-state index contributed by atoms with van der Waals surface area (Å²) >= 11 is 4.63. The van der Waals surface area contributed by atoms with Crippen molar-refractivity contribution in [2.45, 2.75) is 75.8 Å². The SMILES string of the molecule is COc1cc2c(cc1OCc1cc(COc3cc4c(cc3OC)C(=O)N3c5ccccc5C[C@H]3C(O)N4)cc(N(C)C(=O)CCC(C)(C)S)c1)NC[C@@H]1Cc3ccccc3N1C2=O. The van der Waals surface area contributed by atoms with Crippen molar-refractivity contribution in [2.75, 3.05) is 53.1 Å². The van der Waals surface area contributed by atoms with Gasteiger partial charge in [-0.2, -0.15) is 12.6 Å². The van der Waals surface area contributed by atoms with E-state index in [0.717, 1.165) is 40.0 Å². The van der Waals surface area contributed by atoms with Crippen LogP contribution in [0.2, 0.25) is 0 Å². The van der Waals surface area contributed by atoms with E-state index in [1.807, 2.05) is 85.5 Å². The summed E-state index contributed by atoms with van der Waals surface area (Å²) < 4.78 is 24.1. The number of hydrogen-bond acceptors (Lipinski definition) is 11. The second kappa shape index (κ2) is 16.7. The highest BCUT2D eigenvalue weighted by atomic mass is 32.1. The molecule has 9 rings (SSSR count). The van der Waals surface area contributed by atoms with Crippen LogP contribution in [0.1, 0.15) is 69.7 Å². The number of methoxy groups -OCH3 is 2. The fourth-order valence-electron chi connectivity index (χ4n) is 9.00. The molecule has 5 aromatic carbocycles. The lowest BCUT2D eigenvalue weighted by Crippen LogP contribution is -2.45. The van der Waals surface area contributed by atoms with Crippen molar-refractivity contribution < 1.29 is 38.4 Å². The highest BCUT2D eigenvalue weighted by Gasteiger charge is 2.42. The van der Waals surface area contributed by atoms with Crippen molar-refractivity contribution in [1.29, 1.82) is 0 Å². The van der Waals surface area contributed by atoms with Gasteiger partial charge in [0.05, 0.1) is 48.8 Å². The Labute approximate surface area is 372 Å². The van der Waals surface area contributed by atoms with Crippen LogP contribution in [0.15, 0.2) is 91.0 Å². The molecule has 4 aliphatic heterocycles. The van der Waals surface area contributed by atoms with Gasteiger partial charge in [0.15, 0.2) is 23.0 Å². The van der Waals surface area contributed by atoms with E-state index in [4.69, 9.17) is 18.9 Å². The van der Waals surface area contributed by atoms with Crippen molar-refractivity contribution in [3.8, 4) is 23.0 Å². The first-order chi connectivity index (χ1) is 30.3. The molecule has 0 saturated heterocycles. The summed E-state index contributed by atoms with van der Waals surface area (Å²) in [5, 5.41) is 18.0. The van der Waals surface area contributed by atoms with Gasteiger partial charge in [0.1, 0.15) is 19.4 Å². The minimum absolute atomic E-state index is 0.0217. The van der Waals surface area contributed by atoms with E-state index < -0.39 is 12.3 Å². The Morgan fingerprint density at radius 3 is 1.95 bits per heavy atom. The Bertz CT molecular complexity index is 2630. The van der Waals surface area contributed by atoms with E-state index in [0.29, 0.717) is 77.0 Å². The zero-order valence-corrected chi connectivity index (χ0v) is 36.8. The number of anilines is 5. The van der Waals surface area contributed by atoms with Gasteiger partial charge in [-0.1, -0.05) is 50.2 Å². The maximum atomic E-state index is 14.1. The van der Waals surface area contributed by atoms with Gasteiger partial charge in [0.25, 0.3) is 11.8 Å². The van der Waals surface area contributed by atoms with Crippen molar-refractivity contribution >= 4 is 58.8 Å². The van der Waals surface area contributed by atoms with Crippen molar-refractivity contribution in [1.82, 2.24) is 0 Å². The molecule has 63 heavy (non-hydrogen) atoms. The third-order valence-corrected chi connectivity index (χ3v) is 12.5. The molecule has 0 spiro atoms. The van der Waals surface area contributed by atoms with E-state index in [1.54, 1.807) is 42.2 Å². The van der Waals surface area contributed by atoms with Crippen LogP contribution in [0.4, 0.5) is 28.4 Å². The Hall–Kier alpha value is -6.38. The Morgan fingerprint density at radius 2 is 1.33 bits per heavy atom. The first-order valence-electron chi connectivity index (χ1n) is 21.1. The Balaban J connectivity index is 0.987. The van der Waals surface area contributed by atoms with E-state index in [9.17, 15) is 19.5 Å². The van der Waals surface area contributed by atoms with Gasteiger partial charge < -0.3 is 49.4 Å². The molecule has 4 heterocycles. The first-order valence-corrected chi connectivity index (χ1v) is 21.6. The number of fused-ring (bicyclic) bond motifs is 8. The summed E-state index contributed by atoms with van der Waals surface area (Å²) in [7, 11) is 4.80. The third kappa shape index (κ3) is 8.09. The maximum absolute atomic E-state index is 14.1. The number of aliphatic hydroxyl groups excluding tert-OH is 1. The van der Waals surface area contributed by atoms with Gasteiger partial charge in [-0.3, -0.25) is 14.4 Å². The molecule has 0 aromatic heterocycles. The predicted octanol–water partition coefficient (Wildman–Crippen LogP) is 7.63. The topological polar surface area (TPSA) is 142 Å². The average molecular weight is 870 g/mol. The molecule has 3 amide bonds. The summed E-state index contributed by atoms with van der Waals surface area (Å²) in [4.78, 5) is 46.8. The monoisotopic (exact) mass is 869 g/mol. The molecular weight excluding hydrogens is 819 g/mol. The predicted molar refractivity (Wildman–Crippen MR) is 246 cm³/mol. The number of carbonyl (C=O) groups excluding carboxylic acids is 3. The van der Waals surface area contributed by atoms with Crippen molar-refractivity contribution in [2.24, 2.45) is 0 Å². The van der Waals surface area contributed by atoms with Crippen LogP contribution in [0, 0.1) is 0 Å².